The molecule has 7 nitrogen and oxygen atoms in total. The molecule has 1 N–H and O–H groups in total. The van der Waals surface area contributed by atoms with Crippen LogP contribution in [0.25, 0.3) is 0 Å². The molecule has 8 heteroatoms. The number of nitrogens with zero attached hydrogens (tertiary/aromatic N) is 1. The van der Waals surface area contributed by atoms with E-state index >= 15 is 0 Å². The molecule has 1 amide bonds. The van der Waals surface area contributed by atoms with E-state index in [-0.39, 0.29) is 16.4 Å². The van der Waals surface area contributed by atoms with Crippen molar-refractivity contribution in [2.45, 2.75) is 44.9 Å². The smallest absolute Gasteiger partial charge is 0.338 e. The van der Waals surface area contributed by atoms with Crippen molar-refractivity contribution in [3.8, 4) is 0 Å². The lowest BCUT2D eigenvalue weighted by molar-refractivity contribution is -0.119. The molecule has 2 aromatic carbocycles. The number of carbonyl (C=O) groups is 2. The van der Waals surface area contributed by atoms with Gasteiger partial charge in [-0.2, -0.15) is 4.31 Å². The van der Waals surface area contributed by atoms with Gasteiger partial charge in [0.2, 0.25) is 10.0 Å². The Kier molecular flexibility index (Phi) is 8.76. The Balaban J connectivity index is 2.00. The van der Waals surface area contributed by atoms with E-state index in [0.29, 0.717) is 18.8 Å². The molecule has 0 aliphatic heterocycles. The number of rotatable bonds is 10. The molecule has 31 heavy (non-hydrogen) atoms. The third-order valence-corrected chi connectivity index (χ3v) is 7.21. The van der Waals surface area contributed by atoms with Crippen molar-refractivity contribution in [3.05, 3.63) is 59.7 Å². The fourth-order valence-electron chi connectivity index (χ4n) is 3.14. The molecule has 0 spiro atoms. The normalized spacial score (nSPS) is 12.4. The summed E-state index contributed by atoms with van der Waals surface area (Å²) in [6, 6.07) is 13.0. The summed E-state index contributed by atoms with van der Waals surface area (Å²) in [4.78, 5) is 24.6. The molecule has 2 rings (SSSR count). The van der Waals surface area contributed by atoms with E-state index in [0.717, 1.165) is 12.0 Å². The Labute approximate surface area is 184 Å². The molecule has 0 fully saturated rings. The van der Waals surface area contributed by atoms with Crippen molar-refractivity contribution >= 4 is 27.6 Å². The first-order valence-electron chi connectivity index (χ1n) is 10.4. The van der Waals surface area contributed by atoms with Gasteiger partial charge in [0.25, 0.3) is 5.91 Å². The molecule has 0 bridgehead atoms. The first-order valence-corrected chi connectivity index (χ1v) is 11.8. The van der Waals surface area contributed by atoms with Gasteiger partial charge < -0.3 is 10.1 Å². The molecule has 0 aliphatic rings. The van der Waals surface area contributed by atoms with E-state index in [9.17, 15) is 18.0 Å². The van der Waals surface area contributed by atoms with Gasteiger partial charge in [-0.25, -0.2) is 13.2 Å². The highest BCUT2D eigenvalue weighted by Crippen LogP contribution is 2.26. The number of benzene rings is 2. The summed E-state index contributed by atoms with van der Waals surface area (Å²) in [5, 5.41) is 2.79. The molecule has 0 heterocycles. The zero-order valence-electron chi connectivity index (χ0n) is 18.4. The van der Waals surface area contributed by atoms with Gasteiger partial charge in [-0.3, -0.25) is 4.79 Å². The fraction of sp³-hybridized carbons (Fsp3) is 0.391. The van der Waals surface area contributed by atoms with Crippen LogP contribution in [0.5, 0.6) is 0 Å². The van der Waals surface area contributed by atoms with Crippen LogP contribution in [0.3, 0.4) is 0 Å². The summed E-state index contributed by atoms with van der Waals surface area (Å²) in [6.07, 6.45) is 0.932. The van der Waals surface area contributed by atoms with Crippen LogP contribution in [0.4, 0.5) is 5.69 Å². The zero-order valence-corrected chi connectivity index (χ0v) is 19.2. The SMILES string of the molecule is CC[C@@H](C)c1ccccc1NC(=O)COC(=O)c1ccc(S(=O)(=O)N(CC)CC)cc1. The fourth-order valence-corrected chi connectivity index (χ4v) is 4.59. The number of nitrogens with one attached hydrogen (secondary N) is 1. The highest BCUT2D eigenvalue weighted by Gasteiger charge is 2.22. The Morgan fingerprint density at radius 1 is 1.00 bits per heavy atom. The van der Waals surface area contributed by atoms with Gasteiger partial charge in [0.05, 0.1) is 10.5 Å². The second kappa shape index (κ2) is 11.1. The minimum atomic E-state index is -3.60. The maximum atomic E-state index is 12.5. The molecule has 0 unspecified atom stereocenters. The number of anilines is 1. The maximum absolute atomic E-state index is 12.5. The van der Waals surface area contributed by atoms with Crippen molar-refractivity contribution < 1.29 is 22.7 Å². The van der Waals surface area contributed by atoms with Crippen LogP contribution in [-0.2, 0) is 19.6 Å². The second-order valence-electron chi connectivity index (χ2n) is 7.13. The van der Waals surface area contributed by atoms with Crippen LogP contribution in [0.2, 0.25) is 0 Å². The minimum absolute atomic E-state index is 0.104. The lowest BCUT2D eigenvalue weighted by Gasteiger charge is -2.18. The van der Waals surface area contributed by atoms with Gasteiger partial charge in [-0.15, -0.1) is 0 Å². The van der Waals surface area contributed by atoms with Crippen molar-refractivity contribution in [1.82, 2.24) is 4.31 Å². The molecule has 1 atom stereocenters. The average molecular weight is 447 g/mol. The van der Waals surface area contributed by atoms with Crippen molar-refractivity contribution in [3.63, 3.8) is 0 Å². The molecule has 0 saturated heterocycles. The molecule has 0 aromatic heterocycles. The summed E-state index contributed by atoms with van der Waals surface area (Å²) >= 11 is 0. The third-order valence-electron chi connectivity index (χ3n) is 5.15. The monoisotopic (exact) mass is 446 g/mol. The predicted octanol–water partition coefficient (Wildman–Crippen LogP) is 4.03. The van der Waals surface area contributed by atoms with E-state index in [1.807, 2.05) is 24.3 Å². The van der Waals surface area contributed by atoms with Gasteiger partial charge >= 0.3 is 5.97 Å². The first-order chi connectivity index (χ1) is 14.7. The summed E-state index contributed by atoms with van der Waals surface area (Å²) in [5.74, 6) is -0.854. The van der Waals surface area contributed by atoms with Gasteiger partial charge in [-0.05, 0) is 48.2 Å². The predicted molar refractivity (Wildman–Crippen MR) is 121 cm³/mol. The molecule has 0 aliphatic carbocycles. The lowest BCUT2D eigenvalue weighted by atomic mass is 9.97. The van der Waals surface area contributed by atoms with Crippen LogP contribution in [0, 0.1) is 0 Å². The third kappa shape index (κ3) is 6.15. The summed E-state index contributed by atoms with van der Waals surface area (Å²) in [5.41, 5.74) is 1.89. The van der Waals surface area contributed by atoms with Crippen LogP contribution >= 0.6 is 0 Å². The van der Waals surface area contributed by atoms with Gasteiger partial charge in [0.1, 0.15) is 0 Å². The highest BCUT2D eigenvalue weighted by atomic mass is 32.2. The zero-order chi connectivity index (χ0) is 23.0. The number of hydrogen-bond donors (Lipinski definition) is 1. The summed E-state index contributed by atoms with van der Waals surface area (Å²) in [6.45, 7) is 7.96. The van der Waals surface area contributed by atoms with E-state index in [1.165, 1.54) is 28.6 Å². The van der Waals surface area contributed by atoms with Gasteiger partial charge in [0, 0.05) is 18.8 Å². The second-order valence-corrected chi connectivity index (χ2v) is 9.07. The largest absolute Gasteiger partial charge is 0.452 e. The summed E-state index contributed by atoms with van der Waals surface area (Å²) in [7, 11) is -3.60. The van der Waals surface area contributed by atoms with Crippen molar-refractivity contribution in [2.75, 3.05) is 25.0 Å². The molecule has 168 valence electrons. The minimum Gasteiger partial charge on any atom is -0.452 e. The highest BCUT2D eigenvalue weighted by molar-refractivity contribution is 7.89. The van der Waals surface area contributed by atoms with Gasteiger partial charge in [-0.1, -0.05) is 45.9 Å². The number of amides is 1. The Morgan fingerprint density at radius 2 is 1.61 bits per heavy atom. The van der Waals surface area contributed by atoms with E-state index in [2.05, 4.69) is 19.2 Å². The standard InChI is InChI=1S/C23H30N2O5S/c1-5-17(4)20-10-8-9-11-21(20)24-22(26)16-30-23(27)18-12-14-19(15-13-18)31(28,29)25(6-2)7-3/h8-15,17H,5-7,16H2,1-4H3,(H,24,26)/t17-/m1/s1. The molecular weight excluding hydrogens is 416 g/mol. The number of ether oxygens (including phenoxy) is 1. The maximum Gasteiger partial charge on any atom is 0.338 e. The van der Waals surface area contributed by atoms with Crippen molar-refractivity contribution in [1.29, 1.82) is 0 Å². The molecule has 0 radical (unpaired) electrons. The van der Waals surface area contributed by atoms with E-state index < -0.39 is 28.5 Å². The number of para-hydroxylation sites is 1. The van der Waals surface area contributed by atoms with Crippen LogP contribution in [0.15, 0.2) is 53.4 Å². The number of sulfonamides is 1. The first kappa shape index (κ1) is 24.6. The Bertz CT molecular complexity index is 999. The van der Waals surface area contributed by atoms with Gasteiger partial charge in [0.15, 0.2) is 6.61 Å². The Morgan fingerprint density at radius 3 is 2.19 bits per heavy atom. The van der Waals surface area contributed by atoms with Crippen molar-refractivity contribution in [2.24, 2.45) is 0 Å². The van der Waals surface area contributed by atoms with E-state index in [1.54, 1.807) is 13.8 Å². The Hall–Kier alpha value is -2.71. The number of esters is 1. The molecule has 0 saturated carbocycles. The lowest BCUT2D eigenvalue weighted by Crippen LogP contribution is -2.30. The summed E-state index contributed by atoms with van der Waals surface area (Å²) < 4.78 is 31.5. The quantitative estimate of drug-likeness (QED) is 0.556. The topological polar surface area (TPSA) is 92.8 Å². The van der Waals surface area contributed by atoms with Crippen LogP contribution in [-0.4, -0.2) is 44.3 Å². The average Bonchev–Trinajstić information content (AvgIpc) is 2.78. The number of hydrogen-bond acceptors (Lipinski definition) is 5. The van der Waals surface area contributed by atoms with Crippen LogP contribution < -0.4 is 5.32 Å². The molecule has 2 aromatic rings. The number of carbonyl (C=O) groups excluding carboxylic acids is 2. The molecular formula is C23H30N2O5S. The van der Waals surface area contributed by atoms with E-state index in [4.69, 9.17) is 4.74 Å². The van der Waals surface area contributed by atoms with Crippen LogP contribution in [0.1, 0.15) is 56.0 Å².